The topological polar surface area (TPSA) is 68.9 Å². The van der Waals surface area contributed by atoms with Gasteiger partial charge in [-0.2, -0.15) is 0 Å². The summed E-state index contributed by atoms with van der Waals surface area (Å²) in [6.07, 6.45) is 0.858. The van der Waals surface area contributed by atoms with E-state index < -0.39 is 0 Å². The van der Waals surface area contributed by atoms with Gasteiger partial charge >= 0.3 is 0 Å². The number of methoxy groups -OCH3 is 1. The fourth-order valence-corrected chi connectivity index (χ4v) is 1.62. The average Bonchev–Trinajstić information content (AvgIpc) is 2.42. The highest BCUT2D eigenvalue weighted by molar-refractivity contribution is 5.77. The minimum atomic E-state index is 0.310. The van der Waals surface area contributed by atoms with Crippen molar-refractivity contribution in [2.45, 2.75) is 32.9 Å². The summed E-state index contributed by atoms with van der Waals surface area (Å²) in [4.78, 5) is 4.22. The number of guanidine groups is 1. The van der Waals surface area contributed by atoms with Gasteiger partial charge in [-0.15, -0.1) is 0 Å². The van der Waals surface area contributed by atoms with Crippen molar-refractivity contribution in [1.82, 2.24) is 5.32 Å². The van der Waals surface area contributed by atoms with Gasteiger partial charge in [-0.25, -0.2) is 0 Å². The fourth-order valence-electron chi connectivity index (χ4n) is 1.62. The lowest BCUT2D eigenvalue weighted by Crippen LogP contribution is -2.36. The van der Waals surface area contributed by atoms with Crippen LogP contribution in [0.5, 0.6) is 5.75 Å². The fraction of sp³-hybridized carbons (Fsp3) is 0.533. The summed E-state index contributed by atoms with van der Waals surface area (Å²) in [5, 5.41) is 3.05. The summed E-state index contributed by atoms with van der Waals surface area (Å²) >= 11 is 0. The lowest BCUT2D eigenvalue weighted by atomic mass is 10.2. The third kappa shape index (κ3) is 6.99. The number of benzene rings is 1. The first-order valence-corrected chi connectivity index (χ1v) is 6.89. The third-order valence-electron chi connectivity index (χ3n) is 2.59. The molecule has 0 amide bonds. The van der Waals surface area contributed by atoms with Crippen molar-refractivity contribution < 1.29 is 9.47 Å². The van der Waals surface area contributed by atoms with E-state index in [2.05, 4.69) is 10.3 Å². The van der Waals surface area contributed by atoms with E-state index in [1.807, 2.05) is 38.1 Å². The van der Waals surface area contributed by atoms with Crippen LogP contribution in [0.2, 0.25) is 0 Å². The van der Waals surface area contributed by atoms with E-state index in [1.54, 1.807) is 7.11 Å². The van der Waals surface area contributed by atoms with Crippen LogP contribution in [0.15, 0.2) is 29.3 Å². The maximum Gasteiger partial charge on any atom is 0.188 e. The van der Waals surface area contributed by atoms with Crippen molar-refractivity contribution in [2.75, 3.05) is 20.3 Å². The molecule has 0 aromatic heterocycles. The Morgan fingerprint density at radius 3 is 2.60 bits per heavy atom. The normalized spacial score (nSPS) is 11.7. The van der Waals surface area contributed by atoms with E-state index >= 15 is 0 Å². The molecule has 0 heterocycles. The first kappa shape index (κ1) is 16.3. The van der Waals surface area contributed by atoms with E-state index in [4.69, 9.17) is 15.2 Å². The average molecular weight is 279 g/mol. The van der Waals surface area contributed by atoms with E-state index in [-0.39, 0.29) is 0 Å². The number of nitrogens with one attached hydrogen (secondary N) is 1. The lowest BCUT2D eigenvalue weighted by Gasteiger charge is -2.08. The van der Waals surface area contributed by atoms with E-state index in [0.717, 1.165) is 17.7 Å². The summed E-state index contributed by atoms with van der Waals surface area (Å²) in [6, 6.07) is 8.18. The van der Waals surface area contributed by atoms with Crippen molar-refractivity contribution in [3.63, 3.8) is 0 Å². The maximum absolute atomic E-state index is 5.69. The van der Waals surface area contributed by atoms with Gasteiger partial charge in [0, 0.05) is 19.2 Å². The second kappa shape index (κ2) is 9.20. The Balaban J connectivity index is 2.12. The zero-order valence-electron chi connectivity index (χ0n) is 12.6. The summed E-state index contributed by atoms with van der Waals surface area (Å²) in [6.45, 7) is 6.01. The Kier molecular flexibility index (Phi) is 7.50. The van der Waals surface area contributed by atoms with Crippen LogP contribution in [-0.4, -0.2) is 32.3 Å². The molecule has 1 aromatic rings. The van der Waals surface area contributed by atoms with Crippen molar-refractivity contribution in [3.8, 4) is 5.75 Å². The van der Waals surface area contributed by atoms with Crippen LogP contribution >= 0.6 is 0 Å². The summed E-state index contributed by atoms with van der Waals surface area (Å²) in [5.74, 6) is 1.35. The monoisotopic (exact) mass is 279 g/mol. The zero-order chi connectivity index (χ0) is 14.8. The highest BCUT2D eigenvalue weighted by atomic mass is 16.5. The van der Waals surface area contributed by atoms with Gasteiger partial charge in [-0.05, 0) is 38.0 Å². The molecule has 0 spiro atoms. The molecule has 0 aliphatic rings. The number of hydrogen-bond acceptors (Lipinski definition) is 3. The van der Waals surface area contributed by atoms with Crippen LogP contribution < -0.4 is 15.8 Å². The highest BCUT2D eigenvalue weighted by Crippen LogP contribution is 2.11. The molecule has 3 N–H and O–H groups in total. The molecule has 112 valence electrons. The molecule has 5 heteroatoms. The predicted octanol–water partition coefficient (Wildman–Crippen LogP) is 1.91. The van der Waals surface area contributed by atoms with Gasteiger partial charge in [0.25, 0.3) is 0 Å². The first-order valence-electron chi connectivity index (χ1n) is 6.89. The Morgan fingerprint density at radius 2 is 2.00 bits per heavy atom. The van der Waals surface area contributed by atoms with Crippen molar-refractivity contribution in [1.29, 1.82) is 0 Å². The second-order valence-electron chi connectivity index (χ2n) is 4.82. The zero-order valence-corrected chi connectivity index (χ0v) is 12.6. The Morgan fingerprint density at radius 1 is 1.30 bits per heavy atom. The molecule has 0 aliphatic heterocycles. The Labute approximate surface area is 121 Å². The number of nitrogens with two attached hydrogens (primary N) is 1. The molecule has 20 heavy (non-hydrogen) atoms. The maximum atomic E-state index is 5.69. The molecule has 0 fully saturated rings. The SMILES string of the molecule is COc1ccc(COCCCN=C(N)NC(C)C)cc1. The number of nitrogens with zero attached hydrogens (tertiary/aromatic N) is 1. The van der Waals surface area contributed by atoms with Crippen molar-refractivity contribution in [3.05, 3.63) is 29.8 Å². The van der Waals surface area contributed by atoms with Crippen LogP contribution in [0.3, 0.4) is 0 Å². The van der Waals surface area contributed by atoms with Crippen LogP contribution in [0.25, 0.3) is 0 Å². The number of hydrogen-bond donors (Lipinski definition) is 2. The van der Waals surface area contributed by atoms with Crippen LogP contribution in [-0.2, 0) is 11.3 Å². The minimum absolute atomic E-state index is 0.310. The molecular weight excluding hydrogens is 254 g/mol. The number of aliphatic imine (C=N–C) groups is 1. The lowest BCUT2D eigenvalue weighted by molar-refractivity contribution is 0.120. The molecule has 0 atom stereocenters. The molecule has 1 rings (SSSR count). The van der Waals surface area contributed by atoms with Gasteiger partial charge in [0.1, 0.15) is 5.75 Å². The molecular formula is C15H25N3O2. The van der Waals surface area contributed by atoms with Crippen molar-refractivity contribution >= 4 is 5.96 Å². The van der Waals surface area contributed by atoms with E-state index in [0.29, 0.717) is 31.8 Å². The molecule has 0 radical (unpaired) electrons. The first-order chi connectivity index (χ1) is 9.61. The Hall–Kier alpha value is -1.75. The molecule has 0 saturated heterocycles. The number of ether oxygens (including phenoxy) is 2. The standard InChI is InChI=1S/C15H25N3O2/c1-12(2)18-15(16)17-9-4-10-20-11-13-5-7-14(19-3)8-6-13/h5-8,12H,4,9-11H2,1-3H3,(H3,16,17,18). The van der Waals surface area contributed by atoms with Crippen LogP contribution in [0.1, 0.15) is 25.8 Å². The van der Waals surface area contributed by atoms with Gasteiger partial charge < -0.3 is 20.5 Å². The van der Waals surface area contributed by atoms with Gasteiger partial charge in [0.2, 0.25) is 0 Å². The quantitative estimate of drug-likeness (QED) is 0.433. The predicted molar refractivity (Wildman–Crippen MR) is 82.0 cm³/mol. The molecule has 5 nitrogen and oxygen atoms in total. The highest BCUT2D eigenvalue weighted by Gasteiger charge is 1.96. The largest absolute Gasteiger partial charge is 0.497 e. The molecule has 1 aromatic carbocycles. The summed E-state index contributed by atoms with van der Waals surface area (Å²) < 4.78 is 10.7. The molecule has 0 bridgehead atoms. The van der Waals surface area contributed by atoms with E-state index in [1.165, 1.54) is 0 Å². The van der Waals surface area contributed by atoms with Gasteiger partial charge in [-0.3, -0.25) is 4.99 Å². The minimum Gasteiger partial charge on any atom is -0.497 e. The number of rotatable bonds is 8. The molecule has 0 aliphatic carbocycles. The molecule has 0 saturated carbocycles. The van der Waals surface area contributed by atoms with Gasteiger partial charge in [-0.1, -0.05) is 12.1 Å². The Bertz CT molecular complexity index is 402. The second-order valence-corrected chi connectivity index (χ2v) is 4.82. The van der Waals surface area contributed by atoms with E-state index in [9.17, 15) is 0 Å². The van der Waals surface area contributed by atoms with Crippen molar-refractivity contribution in [2.24, 2.45) is 10.7 Å². The van der Waals surface area contributed by atoms with Crippen LogP contribution in [0.4, 0.5) is 0 Å². The third-order valence-corrected chi connectivity index (χ3v) is 2.59. The van der Waals surface area contributed by atoms with Crippen LogP contribution in [0, 0.1) is 0 Å². The summed E-state index contributed by atoms with van der Waals surface area (Å²) in [7, 11) is 1.66. The van der Waals surface area contributed by atoms with Gasteiger partial charge in [0.05, 0.1) is 13.7 Å². The van der Waals surface area contributed by atoms with Gasteiger partial charge in [0.15, 0.2) is 5.96 Å². The smallest absolute Gasteiger partial charge is 0.188 e. The summed E-state index contributed by atoms with van der Waals surface area (Å²) in [5.41, 5.74) is 6.83. The molecule has 0 unspecified atom stereocenters.